The lowest BCUT2D eigenvalue weighted by Crippen LogP contribution is -2.27. The van der Waals surface area contributed by atoms with Gasteiger partial charge in [-0.1, -0.05) is 24.3 Å². The molecule has 0 radical (unpaired) electrons. The number of halogens is 1. The standard InChI is InChI=1S/C20H22FN3O3S/c1-15(22-23-20(25)14-16-4-8-18(21)9-5-16)17-6-10-19(11-7-17)28(26,27)24-12-2-3-13-24/h4-11H,2-3,12-14H2,1H3,(H,23,25)/b22-15+. The second kappa shape index (κ2) is 8.62. The molecule has 1 heterocycles. The van der Waals surface area contributed by atoms with E-state index in [4.69, 9.17) is 0 Å². The molecule has 6 nitrogen and oxygen atoms in total. The van der Waals surface area contributed by atoms with Gasteiger partial charge in [-0.15, -0.1) is 0 Å². The number of hydrazone groups is 1. The van der Waals surface area contributed by atoms with Gasteiger partial charge >= 0.3 is 0 Å². The highest BCUT2D eigenvalue weighted by atomic mass is 32.2. The first-order valence-electron chi connectivity index (χ1n) is 9.04. The maximum atomic E-state index is 12.9. The van der Waals surface area contributed by atoms with E-state index < -0.39 is 10.0 Å². The van der Waals surface area contributed by atoms with Crippen molar-refractivity contribution in [1.82, 2.24) is 9.73 Å². The Morgan fingerprint density at radius 3 is 2.29 bits per heavy atom. The van der Waals surface area contributed by atoms with Crippen LogP contribution in [0.1, 0.15) is 30.9 Å². The smallest absolute Gasteiger partial charge is 0.244 e. The number of sulfonamides is 1. The van der Waals surface area contributed by atoms with Crippen LogP contribution in [0.3, 0.4) is 0 Å². The van der Waals surface area contributed by atoms with Gasteiger partial charge in [-0.2, -0.15) is 9.41 Å². The Morgan fingerprint density at radius 1 is 1.07 bits per heavy atom. The first-order valence-corrected chi connectivity index (χ1v) is 10.5. The molecular formula is C20H22FN3O3S. The van der Waals surface area contributed by atoms with Gasteiger partial charge in [-0.3, -0.25) is 4.79 Å². The molecule has 2 aromatic rings. The molecule has 2 aromatic carbocycles. The molecule has 0 aromatic heterocycles. The highest BCUT2D eigenvalue weighted by Crippen LogP contribution is 2.21. The van der Waals surface area contributed by atoms with Crippen molar-refractivity contribution in [3.05, 3.63) is 65.5 Å². The number of carbonyl (C=O) groups is 1. The first kappa shape index (κ1) is 20.2. The minimum Gasteiger partial charge on any atom is -0.273 e. The predicted octanol–water partition coefficient (Wildman–Crippen LogP) is 2.69. The Balaban J connectivity index is 1.62. The number of amides is 1. The van der Waals surface area contributed by atoms with Gasteiger partial charge in [-0.25, -0.2) is 18.2 Å². The van der Waals surface area contributed by atoms with Crippen molar-refractivity contribution in [2.24, 2.45) is 5.10 Å². The summed E-state index contributed by atoms with van der Waals surface area (Å²) in [5.41, 5.74) is 4.41. The fraction of sp³-hybridized carbons (Fsp3) is 0.300. The van der Waals surface area contributed by atoms with E-state index in [9.17, 15) is 17.6 Å². The van der Waals surface area contributed by atoms with Crippen LogP contribution < -0.4 is 5.43 Å². The summed E-state index contributed by atoms with van der Waals surface area (Å²) >= 11 is 0. The maximum Gasteiger partial charge on any atom is 0.244 e. The molecule has 0 bridgehead atoms. The van der Waals surface area contributed by atoms with Crippen LogP contribution in [0.15, 0.2) is 58.5 Å². The lowest BCUT2D eigenvalue weighted by molar-refractivity contribution is -0.120. The van der Waals surface area contributed by atoms with Gasteiger partial charge in [0.05, 0.1) is 17.0 Å². The summed E-state index contributed by atoms with van der Waals surface area (Å²) in [6, 6.07) is 12.2. The molecule has 1 fully saturated rings. The summed E-state index contributed by atoms with van der Waals surface area (Å²) < 4.78 is 39.5. The lowest BCUT2D eigenvalue weighted by Gasteiger charge is -2.15. The Hall–Kier alpha value is -2.58. The number of hydrogen-bond acceptors (Lipinski definition) is 4. The molecule has 8 heteroatoms. The number of nitrogens with zero attached hydrogens (tertiary/aromatic N) is 2. The molecular weight excluding hydrogens is 381 g/mol. The van der Waals surface area contributed by atoms with E-state index in [0.29, 0.717) is 29.9 Å². The SMILES string of the molecule is C/C(=N\NC(=O)Cc1ccc(F)cc1)c1ccc(S(=O)(=O)N2CCCC2)cc1. The summed E-state index contributed by atoms with van der Waals surface area (Å²) in [7, 11) is -3.45. The van der Waals surface area contributed by atoms with Crippen LogP contribution in [0.2, 0.25) is 0 Å². The second-order valence-electron chi connectivity index (χ2n) is 6.67. The molecule has 28 heavy (non-hydrogen) atoms. The molecule has 1 N–H and O–H groups in total. The van der Waals surface area contributed by atoms with E-state index in [1.807, 2.05) is 0 Å². The predicted molar refractivity (Wildman–Crippen MR) is 105 cm³/mol. The van der Waals surface area contributed by atoms with Gasteiger partial charge < -0.3 is 0 Å². The normalized spacial score (nSPS) is 15.6. The molecule has 148 valence electrons. The molecule has 1 saturated heterocycles. The first-order chi connectivity index (χ1) is 13.4. The largest absolute Gasteiger partial charge is 0.273 e. The van der Waals surface area contributed by atoms with Crippen LogP contribution >= 0.6 is 0 Å². The Bertz CT molecular complexity index is 965. The molecule has 3 rings (SSSR count). The van der Waals surface area contributed by atoms with Gasteiger partial charge in [0.25, 0.3) is 0 Å². The number of benzene rings is 2. The van der Waals surface area contributed by atoms with E-state index in [0.717, 1.165) is 12.8 Å². The van der Waals surface area contributed by atoms with Gasteiger partial charge in [-0.05, 0) is 55.2 Å². The zero-order valence-electron chi connectivity index (χ0n) is 15.6. The van der Waals surface area contributed by atoms with Gasteiger partial charge in [0.2, 0.25) is 15.9 Å². The van der Waals surface area contributed by atoms with E-state index in [2.05, 4.69) is 10.5 Å². The molecule has 0 unspecified atom stereocenters. The molecule has 0 saturated carbocycles. The van der Waals surface area contributed by atoms with Crippen molar-refractivity contribution in [2.45, 2.75) is 31.1 Å². The topological polar surface area (TPSA) is 78.8 Å². The third kappa shape index (κ3) is 4.82. The highest BCUT2D eigenvalue weighted by Gasteiger charge is 2.26. The van der Waals surface area contributed by atoms with Crippen molar-refractivity contribution in [3.8, 4) is 0 Å². The summed E-state index contributed by atoms with van der Waals surface area (Å²) in [4.78, 5) is 12.2. The summed E-state index contributed by atoms with van der Waals surface area (Å²) in [5.74, 6) is -0.674. The average molecular weight is 403 g/mol. The quantitative estimate of drug-likeness (QED) is 0.595. The number of nitrogens with one attached hydrogen (secondary N) is 1. The Morgan fingerprint density at radius 2 is 1.68 bits per heavy atom. The monoisotopic (exact) mass is 403 g/mol. The summed E-state index contributed by atoms with van der Waals surface area (Å²) in [5, 5.41) is 4.06. The molecule has 0 aliphatic carbocycles. The minimum atomic E-state index is -3.45. The van der Waals surface area contributed by atoms with E-state index in [1.165, 1.54) is 16.4 Å². The maximum absolute atomic E-state index is 12.9. The Kier molecular flexibility index (Phi) is 6.21. The third-order valence-corrected chi connectivity index (χ3v) is 6.51. The zero-order valence-corrected chi connectivity index (χ0v) is 16.4. The molecule has 1 aliphatic heterocycles. The average Bonchev–Trinajstić information content (AvgIpc) is 3.24. The number of rotatable bonds is 6. The highest BCUT2D eigenvalue weighted by molar-refractivity contribution is 7.89. The lowest BCUT2D eigenvalue weighted by atomic mass is 10.1. The fourth-order valence-corrected chi connectivity index (χ4v) is 4.50. The summed E-state index contributed by atoms with van der Waals surface area (Å²) in [6.45, 7) is 2.84. The fourth-order valence-electron chi connectivity index (χ4n) is 2.98. The van der Waals surface area contributed by atoms with E-state index in [1.54, 1.807) is 43.3 Å². The molecule has 1 aliphatic rings. The van der Waals surface area contributed by atoms with Crippen LogP contribution in [-0.4, -0.2) is 37.4 Å². The van der Waals surface area contributed by atoms with Crippen LogP contribution in [-0.2, 0) is 21.2 Å². The van der Waals surface area contributed by atoms with Crippen LogP contribution in [0.5, 0.6) is 0 Å². The van der Waals surface area contributed by atoms with Gasteiger partial charge in [0.1, 0.15) is 5.82 Å². The Labute approximate surface area is 164 Å². The molecule has 0 atom stereocenters. The van der Waals surface area contributed by atoms with Crippen molar-refractivity contribution >= 4 is 21.6 Å². The van der Waals surface area contributed by atoms with Gasteiger partial charge in [0.15, 0.2) is 0 Å². The van der Waals surface area contributed by atoms with Crippen LogP contribution in [0.4, 0.5) is 4.39 Å². The van der Waals surface area contributed by atoms with Crippen LogP contribution in [0.25, 0.3) is 0 Å². The van der Waals surface area contributed by atoms with Crippen molar-refractivity contribution in [2.75, 3.05) is 13.1 Å². The number of hydrogen-bond donors (Lipinski definition) is 1. The third-order valence-electron chi connectivity index (χ3n) is 4.60. The minimum absolute atomic E-state index is 0.0874. The zero-order chi connectivity index (χ0) is 20.1. The van der Waals surface area contributed by atoms with Crippen molar-refractivity contribution in [1.29, 1.82) is 0 Å². The van der Waals surface area contributed by atoms with Crippen molar-refractivity contribution < 1.29 is 17.6 Å². The van der Waals surface area contributed by atoms with Crippen molar-refractivity contribution in [3.63, 3.8) is 0 Å². The van der Waals surface area contributed by atoms with E-state index >= 15 is 0 Å². The van der Waals surface area contributed by atoms with Gasteiger partial charge in [0, 0.05) is 13.1 Å². The molecule has 1 amide bonds. The number of carbonyl (C=O) groups excluding carboxylic acids is 1. The summed E-state index contributed by atoms with van der Waals surface area (Å²) in [6.07, 6.45) is 1.87. The van der Waals surface area contributed by atoms with Crippen LogP contribution in [0, 0.1) is 5.82 Å². The molecule has 0 spiro atoms. The second-order valence-corrected chi connectivity index (χ2v) is 8.61. The van der Waals surface area contributed by atoms with E-state index in [-0.39, 0.29) is 23.0 Å².